The van der Waals surface area contributed by atoms with E-state index in [1.54, 1.807) is 0 Å². The Hall–Kier alpha value is -2.37. The van der Waals surface area contributed by atoms with Gasteiger partial charge in [-0.1, -0.05) is 11.6 Å². The number of fused-ring (bicyclic) bond motifs is 1. The van der Waals surface area contributed by atoms with E-state index in [4.69, 9.17) is 0 Å². The molecular weight excluding hydrogens is 315 g/mol. The summed E-state index contributed by atoms with van der Waals surface area (Å²) in [5, 5.41) is 4.39. The van der Waals surface area contributed by atoms with Crippen molar-refractivity contribution >= 4 is 11.5 Å². The number of halogens is 3. The van der Waals surface area contributed by atoms with Crippen molar-refractivity contribution in [3.8, 4) is 0 Å². The summed E-state index contributed by atoms with van der Waals surface area (Å²) < 4.78 is 37.6. The molecule has 1 aromatic heterocycles. The number of nitrogens with one attached hydrogen (secondary N) is 1. The molecule has 0 saturated heterocycles. The van der Waals surface area contributed by atoms with Crippen LogP contribution in [0.2, 0.25) is 0 Å². The third kappa shape index (κ3) is 3.42. The molecular formula is C18H18F3N3. The predicted molar refractivity (Wildman–Crippen MR) is 88.3 cm³/mol. The molecule has 126 valence electrons. The van der Waals surface area contributed by atoms with E-state index < -0.39 is 11.7 Å². The van der Waals surface area contributed by atoms with Crippen LogP contribution in [0, 0.1) is 13.8 Å². The minimum atomic E-state index is -4.38. The molecule has 3 nitrogen and oxygen atoms in total. The molecule has 2 aromatic rings. The molecule has 1 aliphatic carbocycles. The van der Waals surface area contributed by atoms with Gasteiger partial charge in [0.15, 0.2) is 0 Å². The summed E-state index contributed by atoms with van der Waals surface area (Å²) in [6.45, 7) is 4.14. The Morgan fingerprint density at radius 3 is 2.58 bits per heavy atom. The van der Waals surface area contributed by atoms with Crippen LogP contribution in [0.4, 0.5) is 19.0 Å². The largest absolute Gasteiger partial charge is 0.417 e. The molecule has 0 atom stereocenters. The third-order valence-corrected chi connectivity index (χ3v) is 4.16. The van der Waals surface area contributed by atoms with Crippen molar-refractivity contribution in [1.82, 2.24) is 4.98 Å². The van der Waals surface area contributed by atoms with Crippen LogP contribution in [0.25, 0.3) is 0 Å². The van der Waals surface area contributed by atoms with Gasteiger partial charge in [0.2, 0.25) is 0 Å². The first-order chi connectivity index (χ1) is 11.3. The summed E-state index contributed by atoms with van der Waals surface area (Å²) in [4.78, 5) is 3.78. The van der Waals surface area contributed by atoms with Crippen molar-refractivity contribution in [1.29, 1.82) is 0 Å². The van der Waals surface area contributed by atoms with E-state index in [-0.39, 0.29) is 0 Å². The van der Waals surface area contributed by atoms with Crippen LogP contribution in [0.5, 0.6) is 0 Å². The van der Waals surface area contributed by atoms with E-state index in [1.165, 1.54) is 22.8 Å². The lowest BCUT2D eigenvalue weighted by Gasteiger charge is -2.20. The SMILES string of the molecule is Cc1cc(C)c2c(c1)/C(=N\Nc1ccc(C(F)(F)F)cn1)CCC2. The molecule has 0 spiro atoms. The molecule has 0 saturated carbocycles. The highest BCUT2D eigenvalue weighted by Gasteiger charge is 2.30. The number of nitrogens with zero attached hydrogens (tertiary/aromatic N) is 2. The standard InChI is InChI=1S/C18H18F3N3/c1-11-8-12(2)14-4-3-5-16(15(14)9-11)23-24-17-7-6-13(10-22-17)18(19,20)21/h6-10H,3-5H2,1-2H3,(H,22,24)/b23-16-. The van der Waals surface area contributed by atoms with Gasteiger partial charge in [0, 0.05) is 11.8 Å². The number of pyridine rings is 1. The lowest BCUT2D eigenvalue weighted by atomic mass is 9.86. The Labute approximate surface area is 138 Å². The highest BCUT2D eigenvalue weighted by Crippen LogP contribution is 2.29. The summed E-state index contributed by atoms with van der Waals surface area (Å²) in [7, 11) is 0. The number of benzene rings is 1. The smallest absolute Gasteiger partial charge is 0.261 e. The summed E-state index contributed by atoms with van der Waals surface area (Å²) in [5.74, 6) is 0.298. The fourth-order valence-corrected chi connectivity index (χ4v) is 3.02. The number of hydrogen-bond acceptors (Lipinski definition) is 3. The minimum absolute atomic E-state index is 0.298. The average molecular weight is 333 g/mol. The first-order valence-electron chi connectivity index (χ1n) is 7.81. The first-order valence-corrected chi connectivity index (χ1v) is 7.81. The Morgan fingerprint density at radius 2 is 1.92 bits per heavy atom. The second-order valence-electron chi connectivity index (χ2n) is 6.06. The van der Waals surface area contributed by atoms with Gasteiger partial charge in [-0.15, -0.1) is 0 Å². The predicted octanol–water partition coefficient (Wildman–Crippen LogP) is 4.87. The average Bonchev–Trinajstić information content (AvgIpc) is 2.52. The minimum Gasteiger partial charge on any atom is -0.261 e. The molecule has 0 bridgehead atoms. The second kappa shape index (κ2) is 6.26. The summed E-state index contributed by atoms with van der Waals surface area (Å²) in [6.07, 6.45) is -0.694. The molecule has 1 aliphatic rings. The third-order valence-electron chi connectivity index (χ3n) is 4.16. The van der Waals surface area contributed by atoms with Gasteiger partial charge in [-0.3, -0.25) is 5.43 Å². The van der Waals surface area contributed by atoms with Crippen LogP contribution in [0.15, 0.2) is 35.6 Å². The summed E-state index contributed by atoms with van der Waals surface area (Å²) in [5.41, 5.74) is 7.79. The zero-order valence-electron chi connectivity index (χ0n) is 13.5. The number of aromatic nitrogens is 1. The van der Waals surface area contributed by atoms with E-state index in [0.717, 1.165) is 42.8 Å². The van der Waals surface area contributed by atoms with Crippen LogP contribution in [-0.4, -0.2) is 10.7 Å². The molecule has 0 aliphatic heterocycles. The van der Waals surface area contributed by atoms with Gasteiger partial charge < -0.3 is 0 Å². The Morgan fingerprint density at radius 1 is 1.12 bits per heavy atom. The maximum absolute atomic E-state index is 12.5. The molecule has 0 radical (unpaired) electrons. The molecule has 0 fully saturated rings. The van der Waals surface area contributed by atoms with Crippen molar-refractivity contribution in [3.05, 3.63) is 58.3 Å². The zero-order chi connectivity index (χ0) is 17.3. The lowest BCUT2D eigenvalue weighted by Crippen LogP contribution is -2.15. The topological polar surface area (TPSA) is 37.3 Å². The van der Waals surface area contributed by atoms with E-state index >= 15 is 0 Å². The quantitative estimate of drug-likeness (QED) is 0.796. The van der Waals surface area contributed by atoms with E-state index in [2.05, 4.69) is 34.6 Å². The maximum Gasteiger partial charge on any atom is 0.417 e. The molecule has 1 aromatic carbocycles. The van der Waals surface area contributed by atoms with Crippen LogP contribution in [-0.2, 0) is 12.6 Å². The Bertz CT molecular complexity index is 777. The number of aryl methyl sites for hydroxylation is 2. The van der Waals surface area contributed by atoms with Crippen LogP contribution in [0.3, 0.4) is 0 Å². The summed E-state index contributed by atoms with van der Waals surface area (Å²) >= 11 is 0. The zero-order valence-corrected chi connectivity index (χ0v) is 13.5. The number of hydrogen-bond donors (Lipinski definition) is 1. The second-order valence-corrected chi connectivity index (χ2v) is 6.06. The number of anilines is 1. The van der Waals surface area contributed by atoms with E-state index in [0.29, 0.717) is 5.82 Å². The van der Waals surface area contributed by atoms with Crippen molar-refractivity contribution in [2.45, 2.75) is 39.3 Å². The fraction of sp³-hybridized carbons (Fsp3) is 0.333. The molecule has 1 heterocycles. The van der Waals surface area contributed by atoms with Crippen molar-refractivity contribution in [2.75, 3.05) is 5.43 Å². The molecule has 6 heteroatoms. The van der Waals surface area contributed by atoms with Gasteiger partial charge in [0.05, 0.1) is 11.3 Å². The van der Waals surface area contributed by atoms with E-state index in [1.807, 2.05) is 6.92 Å². The van der Waals surface area contributed by atoms with Crippen LogP contribution >= 0.6 is 0 Å². The highest BCUT2D eigenvalue weighted by molar-refractivity contribution is 6.03. The van der Waals surface area contributed by atoms with Gasteiger partial charge in [0.25, 0.3) is 0 Å². The normalized spacial score (nSPS) is 16.1. The maximum atomic E-state index is 12.5. The van der Waals surface area contributed by atoms with Crippen molar-refractivity contribution in [3.63, 3.8) is 0 Å². The molecule has 3 rings (SSSR count). The van der Waals surface area contributed by atoms with Gasteiger partial charge in [-0.2, -0.15) is 18.3 Å². The van der Waals surface area contributed by atoms with Crippen LogP contribution < -0.4 is 5.43 Å². The first kappa shape index (κ1) is 16.5. The molecule has 0 unspecified atom stereocenters. The van der Waals surface area contributed by atoms with Crippen molar-refractivity contribution in [2.24, 2.45) is 5.10 Å². The Balaban J connectivity index is 1.84. The van der Waals surface area contributed by atoms with Gasteiger partial charge in [-0.25, -0.2) is 4.98 Å². The van der Waals surface area contributed by atoms with E-state index in [9.17, 15) is 13.2 Å². The number of rotatable bonds is 2. The van der Waals surface area contributed by atoms with Gasteiger partial charge in [-0.05, 0) is 62.4 Å². The van der Waals surface area contributed by atoms with Gasteiger partial charge >= 0.3 is 6.18 Å². The Kier molecular flexibility index (Phi) is 4.30. The number of hydrazone groups is 1. The highest BCUT2D eigenvalue weighted by atomic mass is 19.4. The fourth-order valence-electron chi connectivity index (χ4n) is 3.02. The molecule has 24 heavy (non-hydrogen) atoms. The lowest BCUT2D eigenvalue weighted by molar-refractivity contribution is -0.137. The summed E-state index contributed by atoms with van der Waals surface area (Å²) in [6, 6.07) is 6.56. The monoisotopic (exact) mass is 333 g/mol. The number of alkyl halides is 3. The van der Waals surface area contributed by atoms with Crippen LogP contribution in [0.1, 0.15) is 40.7 Å². The molecule has 0 amide bonds. The molecule has 1 N–H and O–H groups in total. The van der Waals surface area contributed by atoms with Crippen molar-refractivity contribution < 1.29 is 13.2 Å². The van der Waals surface area contributed by atoms with Gasteiger partial charge in [0.1, 0.15) is 5.82 Å².